The summed E-state index contributed by atoms with van der Waals surface area (Å²) in [6.07, 6.45) is 2.49. The van der Waals surface area contributed by atoms with Crippen molar-refractivity contribution >= 4 is 11.8 Å². The lowest BCUT2D eigenvalue weighted by Gasteiger charge is -2.25. The minimum Gasteiger partial charge on any atom is -0.490 e. The van der Waals surface area contributed by atoms with Crippen molar-refractivity contribution < 1.29 is 18.7 Å². The molecule has 2 N–H and O–H groups in total. The van der Waals surface area contributed by atoms with Crippen molar-refractivity contribution in [1.82, 2.24) is 10.6 Å². The van der Waals surface area contributed by atoms with E-state index < -0.39 is 11.7 Å². The first kappa shape index (κ1) is 19.6. The number of para-hydroxylation sites is 1. The monoisotopic (exact) mass is 382 g/mol. The van der Waals surface area contributed by atoms with E-state index in [1.54, 1.807) is 12.1 Å². The highest BCUT2D eigenvalue weighted by Crippen LogP contribution is 2.35. The van der Waals surface area contributed by atoms with E-state index in [-0.39, 0.29) is 17.6 Å². The van der Waals surface area contributed by atoms with Crippen LogP contribution in [-0.4, -0.2) is 25.0 Å². The first-order valence-corrected chi connectivity index (χ1v) is 9.25. The summed E-state index contributed by atoms with van der Waals surface area (Å²) in [6.45, 7) is 4.67. The van der Waals surface area contributed by atoms with Gasteiger partial charge in [0, 0.05) is 18.7 Å². The molecule has 5 nitrogen and oxygen atoms in total. The van der Waals surface area contributed by atoms with Crippen molar-refractivity contribution in [3.05, 3.63) is 77.6 Å². The fourth-order valence-electron chi connectivity index (χ4n) is 3.20. The third kappa shape index (κ3) is 4.76. The van der Waals surface area contributed by atoms with Gasteiger partial charge in [0.1, 0.15) is 0 Å². The van der Waals surface area contributed by atoms with Crippen molar-refractivity contribution in [3.63, 3.8) is 0 Å². The van der Waals surface area contributed by atoms with Crippen LogP contribution in [0, 0.1) is 5.82 Å². The van der Waals surface area contributed by atoms with Gasteiger partial charge in [-0.15, -0.1) is 0 Å². The van der Waals surface area contributed by atoms with E-state index in [4.69, 9.17) is 4.74 Å². The second-order valence-electron chi connectivity index (χ2n) is 6.63. The molecule has 6 heteroatoms. The van der Waals surface area contributed by atoms with E-state index in [1.807, 2.05) is 24.3 Å². The molecule has 1 aliphatic rings. The zero-order valence-corrected chi connectivity index (χ0v) is 15.5. The first-order chi connectivity index (χ1) is 13.6. The standard InChI is InChI=1S/C22H23FN2O3/c1-2-20(26)24-12-10-15-6-8-16(9-7-15)14-25-22(27)18-11-13-28-21-17(18)4-3-5-19(21)23/h2-9,18H,1,10-14H2,(H,24,26)(H,25,27). The number of fused-ring (bicyclic) bond motifs is 1. The number of carbonyl (C=O) groups excluding carboxylic acids is 2. The molecule has 1 unspecified atom stereocenters. The van der Waals surface area contributed by atoms with Gasteiger partial charge >= 0.3 is 0 Å². The molecule has 1 heterocycles. The highest BCUT2D eigenvalue weighted by molar-refractivity contribution is 5.86. The number of nitrogens with one attached hydrogen (secondary N) is 2. The van der Waals surface area contributed by atoms with Crippen LogP contribution < -0.4 is 15.4 Å². The highest BCUT2D eigenvalue weighted by Gasteiger charge is 2.29. The van der Waals surface area contributed by atoms with Crippen LogP contribution in [0.1, 0.15) is 29.0 Å². The Hall–Kier alpha value is -3.15. The smallest absolute Gasteiger partial charge is 0.243 e. The molecule has 0 radical (unpaired) electrons. The van der Waals surface area contributed by atoms with E-state index >= 15 is 0 Å². The predicted octanol–water partition coefficient (Wildman–Crippen LogP) is 2.85. The van der Waals surface area contributed by atoms with E-state index in [0.717, 1.165) is 17.5 Å². The van der Waals surface area contributed by atoms with Crippen molar-refractivity contribution in [1.29, 1.82) is 0 Å². The number of hydrogen-bond donors (Lipinski definition) is 2. The summed E-state index contributed by atoms with van der Waals surface area (Å²) in [5.41, 5.74) is 2.66. The number of ether oxygens (including phenoxy) is 1. The van der Waals surface area contributed by atoms with Crippen molar-refractivity contribution in [3.8, 4) is 5.75 Å². The molecule has 3 rings (SSSR count). The summed E-state index contributed by atoms with van der Waals surface area (Å²) in [5, 5.41) is 5.66. The Morgan fingerprint density at radius 1 is 1.14 bits per heavy atom. The van der Waals surface area contributed by atoms with Gasteiger partial charge in [0.2, 0.25) is 11.8 Å². The Morgan fingerprint density at radius 3 is 2.64 bits per heavy atom. The summed E-state index contributed by atoms with van der Waals surface area (Å²) >= 11 is 0. The second kappa shape index (κ2) is 9.17. The van der Waals surface area contributed by atoms with Gasteiger partial charge < -0.3 is 15.4 Å². The number of benzene rings is 2. The van der Waals surface area contributed by atoms with Gasteiger partial charge in [-0.05, 0) is 36.1 Å². The van der Waals surface area contributed by atoms with Crippen LogP contribution >= 0.6 is 0 Å². The molecule has 0 saturated heterocycles. The molecule has 2 aromatic rings. The first-order valence-electron chi connectivity index (χ1n) is 9.25. The van der Waals surface area contributed by atoms with Crippen LogP contribution in [0.25, 0.3) is 0 Å². The lowest BCUT2D eigenvalue weighted by atomic mass is 9.92. The molecule has 0 spiro atoms. The van der Waals surface area contributed by atoms with E-state index in [9.17, 15) is 14.0 Å². The van der Waals surface area contributed by atoms with Crippen LogP contribution in [0.3, 0.4) is 0 Å². The molecule has 1 aliphatic heterocycles. The van der Waals surface area contributed by atoms with Gasteiger partial charge in [-0.25, -0.2) is 4.39 Å². The Labute approximate surface area is 163 Å². The summed E-state index contributed by atoms with van der Waals surface area (Å²) in [4.78, 5) is 23.7. The number of hydrogen-bond acceptors (Lipinski definition) is 3. The normalized spacial score (nSPS) is 15.1. The lowest BCUT2D eigenvalue weighted by Crippen LogP contribution is -2.32. The average molecular weight is 382 g/mol. The zero-order valence-electron chi connectivity index (χ0n) is 15.5. The maximum absolute atomic E-state index is 13.9. The fourth-order valence-corrected chi connectivity index (χ4v) is 3.20. The molecular weight excluding hydrogens is 359 g/mol. The second-order valence-corrected chi connectivity index (χ2v) is 6.63. The van der Waals surface area contributed by atoms with Gasteiger partial charge in [0.05, 0.1) is 12.5 Å². The Bertz CT molecular complexity index is 865. The molecule has 2 amide bonds. The average Bonchev–Trinajstić information content (AvgIpc) is 2.72. The van der Waals surface area contributed by atoms with E-state index in [0.29, 0.717) is 31.7 Å². The van der Waals surface area contributed by atoms with Crippen LogP contribution in [0.5, 0.6) is 5.75 Å². The van der Waals surface area contributed by atoms with Gasteiger partial charge in [-0.2, -0.15) is 0 Å². The molecule has 0 aliphatic carbocycles. The number of carbonyl (C=O) groups is 2. The van der Waals surface area contributed by atoms with Crippen molar-refractivity contribution in [2.45, 2.75) is 25.3 Å². The molecule has 28 heavy (non-hydrogen) atoms. The zero-order chi connectivity index (χ0) is 19.9. The fraction of sp³-hybridized carbons (Fsp3) is 0.273. The third-order valence-electron chi connectivity index (χ3n) is 4.73. The highest BCUT2D eigenvalue weighted by atomic mass is 19.1. The number of halogens is 1. The molecular formula is C22H23FN2O3. The van der Waals surface area contributed by atoms with Crippen LogP contribution in [-0.2, 0) is 22.6 Å². The van der Waals surface area contributed by atoms with Gasteiger partial charge in [-0.3, -0.25) is 9.59 Å². The third-order valence-corrected chi connectivity index (χ3v) is 4.73. The van der Waals surface area contributed by atoms with Gasteiger partial charge in [-0.1, -0.05) is 43.0 Å². The molecule has 2 aromatic carbocycles. The quantitative estimate of drug-likeness (QED) is 0.724. The maximum Gasteiger partial charge on any atom is 0.243 e. The largest absolute Gasteiger partial charge is 0.490 e. The van der Waals surface area contributed by atoms with Crippen molar-refractivity contribution in [2.75, 3.05) is 13.2 Å². The topological polar surface area (TPSA) is 67.4 Å². The molecule has 146 valence electrons. The number of amides is 2. The van der Waals surface area contributed by atoms with Crippen LogP contribution in [0.2, 0.25) is 0 Å². The van der Waals surface area contributed by atoms with Crippen molar-refractivity contribution in [2.24, 2.45) is 0 Å². The summed E-state index contributed by atoms with van der Waals surface area (Å²) in [6, 6.07) is 12.5. The van der Waals surface area contributed by atoms with E-state index in [1.165, 1.54) is 12.1 Å². The van der Waals surface area contributed by atoms with Crippen LogP contribution in [0.15, 0.2) is 55.1 Å². The summed E-state index contributed by atoms with van der Waals surface area (Å²) in [5.74, 6) is -0.982. The number of rotatable bonds is 7. The SMILES string of the molecule is C=CC(=O)NCCc1ccc(CNC(=O)C2CCOc3c(F)cccc32)cc1. The van der Waals surface area contributed by atoms with Crippen LogP contribution in [0.4, 0.5) is 4.39 Å². The Balaban J connectivity index is 1.53. The predicted molar refractivity (Wildman–Crippen MR) is 104 cm³/mol. The molecule has 0 fully saturated rings. The minimum atomic E-state index is -0.435. The van der Waals surface area contributed by atoms with Gasteiger partial charge in [0.25, 0.3) is 0 Å². The van der Waals surface area contributed by atoms with E-state index in [2.05, 4.69) is 17.2 Å². The summed E-state index contributed by atoms with van der Waals surface area (Å²) < 4.78 is 19.2. The Kier molecular flexibility index (Phi) is 6.42. The molecule has 0 saturated carbocycles. The molecule has 0 bridgehead atoms. The minimum absolute atomic E-state index is 0.133. The Morgan fingerprint density at radius 2 is 1.89 bits per heavy atom. The lowest BCUT2D eigenvalue weighted by molar-refractivity contribution is -0.123. The molecule has 0 aromatic heterocycles. The molecule has 1 atom stereocenters. The summed E-state index contributed by atoms with van der Waals surface area (Å²) in [7, 11) is 0. The van der Waals surface area contributed by atoms with Gasteiger partial charge in [0.15, 0.2) is 11.6 Å². The maximum atomic E-state index is 13.9.